The largest absolute Gasteiger partial charge is 0.428 e. The van der Waals surface area contributed by atoms with Crippen molar-refractivity contribution in [3.05, 3.63) is 35.0 Å². The third-order valence-electron chi connectivity index (χ3n) is 5.62. The molecule has 2 aromatic rings. The summed E-state index contributed by atoms with van der Waals surface area (Å²) < 4.78 is 16.4. The standard InChI is InChI=1S/C23H31NO5/c1-6-15-9-8-10-16-17-11-12-29-23(7-2,20(17)24-19(15)16)13-18(25)27-14-28-21(26)22(3,4)5/h8-10,24H,6-7,11-14H2,1-5H3. The van der Waals surface area contributed by atoms with Crippen LogP contribution < -0.4 is 0 Å². The molecule has 1 atom stereocenters. The molecule has 1 aromatic carbocycles. The second-order valence-corrected chi connectivity index (χ2v) is 8.61. The number of carbonyl (C=O) groups is 2. The molecule has 0 bridgehead atoms. The number of para-hydroxylation sites is 1. The third kappa shape index (κ3) is 4.17. The van der Waals surface area contributed by atoms with Gasteiger partial charge in [-0.05, 0) is 51.2 Å². The molecular formula is C23H31NO5. The molecule has 1 N–H and O–H groups in total. The Kier molecular flexibility index (Phi) is 6.03. The summed E-state index contributed by atoms with van der Waals surface area (Å²) >= 11 is 0. The van der Waals surface area contributed by atoms with Gasteiger partial charge in [0.2, 0.25) is 6.79 Å². The van der Waals surface area contributed by atoms with E-state index in [1.165, 1.54) is 16.5 Å². The van der Waals surface area contributed by atoms with Crippen molar-refractivity contribution in [2.45, 2.75) is 65.9 Å². The zero-order valence-corrected chi connectivity index (χ0v) is 18.0. The van der Waals surface area contributed by atoms with Crippen molar-refractivity contribution in [1.29, 1.82) is 0 Å². The lowest BCUT2D eigenvalue weighted by Crippen LogP contribution is -2.38. The SMILES string of the molecule is CCc1cccc2c3c([nH]c12)C(CC)(CC(=O)OCOC(=O)C(C)(C)C)OCC3. The fourth-order valence-corrected chi connectivity index (χ4v) is 3.89. The molecule has 6 heteroatoms. The average molecular weight is 402 g/mol. The van der Waals surface area contributed by atoms with E-state index in [0.717, 1.165) is 24.1 Å². The van der Waals surface area contributed by atoms with Crippen molar-refractivity contribution in [1.82, 2.24) is 4.98 Å². The fourth-order valence-electron chi connectivity index (χ4n) is 3.89. The Bertz CT molecular complexity index is 908. The number of ether oxygens (including phenoxy) is 3. The summed E-state index contributed by atoms with van der Waals surface area (Å²) in [7, 11) is 0. The Hall–Kier alpha value is -2.34. The molecule has 29 heavy (non-hydrogen) atoms. The molecule has 1 unspecified atom stereocenters. The van der Waals surface area contributed by atoms with Gasteiger partial charge in [-0.25, -0.2) is 0 Å². The molecule has 0 saturated heterocycles. The molecule has 0 saturated carbocycles. The number of H-pyrrole nitrogens is 1. The second-order valence-electron chi connectivity index (χ2n) is 8.61. The van der Waals surface area contributed by atoms with Gasteiger partial charge >= 0.3 is 11.9 Å². The average Bonchev–Trinajstić information content (AvgIpc) is 3.07. The van der Waals surface area contributed by atoms with Gasteiger partial charge < -0.3 is 19.2 Å². The number of benzene rings is 1. The van der Waals surface area contributed by atoms with E-state index in [4.69, 9.17) is 14.2 Å². The Morgan fingerprint density at radius 1 is 1.21 bits per heavy atom. The highest BCUT2D eigenvalue weighted by Crippen LogP contribution is 2.42. The van der Waals surface area contributed by atoms with Gasteiger partial charge in [0.1, 0.15) is 5.60 Å². The first-order valence-corrected chi connectivity index (χ1v) is 10.3. The maximum Gasteiger partial charge on any atom is 0.314 e. The van der Waals surface area contributed by atoms with Crippen molar-refractivity contribution in [3.8, 4) is 0 Å². The minimum absolute atomic E-state index is 0.0673. The summed E-state index contributed by atoms with van der Waals surface area (Å²) in [6.07, 6.45) is 2.43. The van der Waals surface area contributed by atoms with Gasteiger partial charge in [0.05, 0.1) is 24.1 Å². The van der Waals surface area contributed by atoms with Crippen LogP contribution in [-0.4, -0.2) is 30.3 Å². The first-order valence-electron chi connectivity index (χ1n) is 10.3. The van der Waals surface area contributed by atoms with E-state index in [2.05, 4.69) is 30.1 Å². The van der Waals surface area contributed by atoms with E-state index in [1.54, 1.807) is 20.8 Å². The minimum atomic E-state index is -0.761. The van der Waals surface area contributed by atoms with E-state index >= 15 is 0 Å². The summed E-state index contributed by atoms with van der Waals surface area (Å²) in [5, 5.41) is 1.20. The van der Waals surface area contributed by atoms with Gasteiger partial charge in [-0.15, -0.1) is 0 Å². The number of aryl methyl sites for hydroxylation is 1. The number of esters is 2. The van der Waals surface area contributed by atoms with E-state index in [9.17, 15) is 9.59 Å². The highest BCUT2D eigenvalue weighted by Gasteiger charge is 2.41. The predicted molar refractivity (Wildman–Crippen MR) is 110 cm³/mol. The van der Waals surface area contributed by atoms with Crippen LogP contribution in [0.5, 0.6) is 0 Å². The third-order valence-corrected chi connectivity index (χ3v) is 5.62. The van der Waals surface area contributed by atoms with E-state index in [-0.39, 0.29) is 13.2 Å². The fraction of sp³-hybridized carbons (Fsp3) is 0.565. The normalized spacial score (nSPS) is 19.1. The molecule has 0 aliphatic carbocycles. The number of nitrogens with one attached hydrogen (secondary N) is 1. The second kappa shape index (κ2) is 8.19. The molecule has 2 heterocycles. The zero-order chi connectivity index (χ0) is 21.2. The lowest BCUT2D eigenvalue weighted by atomic mass is 9.86. The van der Waals surface area contributed by atoms with Gasteiger partial charge in [-0.3, -0.25) is 9.59 Å². The molecule has 0 spiro atoms. The van der Waals surface area contributed by atoms with Crippen LogP contribution in [0, 0.1) is 5.41 Å². The summed E-state index contributed by atoms with van der Waals surface area (Å²) in [6.45, 7) is 9.57. The maximum absolute atomic E-state index is 12.5. The molecule has 0 radical (unpaired) electrons. The number of aromatic nitrogens is 1. The molecular weight excluding hydrogens is 370 g/mol. The number of carbonyl (C=O) groups excluding carboxylic acids is 2. The molecule has 3 rings (SSSR count). The van der Waals surface area contributed by atoms with Crippen molar-refractivity contribution < 1.29 is 23.8 Å². The Labute approximate surface area is 171 Å². The van der Waals surface area contributed by atoms with Crippen LogP contribution >= 0.6 is 0 Å². The Morgan fingerprint density at radius 2 is 1.97 bits per heavy atom. The van der Waals surface area contributed by atoms with Crippen molar-refractivity contribution in [2.24, 2.45) is 5.41 Å². The van der Waals surface area contributed by atoms with E-state index in [0.29, 0.717) is 13.0 Å². The monoisotopic (exact) mass is 401 g/mol. The summed E-state index contributed by atoms with van der Waals surface area (Å²) in [5.74, 6) is -0.856. The first kappa shape index (κ1) is 21.4. The van der Waals surface area contributed by atoms with Crippen molar-refractivity contribution >= 4 is 22.8 Å². The first-order chi connectivity index (χ1) is 13.7. The summed E-state index contributed by atoms with van der Waals surface area (Å²) in [5.41, 5.74) is 3.15. The van der Waals surface area contributed by atoms with Gasteiger partial charge in [-0.2, -0.15) is 0 Å². The highest BCUT2D eigenvalue weighted by molar-refractivity contribution is 5.88. The zero-order valence-electron chi connectivity index (χ0n) is 18.0. The van der Waals surface area contributed by atoms with Crippen LogP contribution in [0.3, 0.4) is 0 Å². The molecule has 0 amide bonds. The summed E-state index contributed by atoms with van der Waals surface area (Å²) in [4.78, 5) is 27.9. The molecule has 1 aliphatic rings. The molecule has 1 aromatic heterocycles. The van der Waals surface area contributed by atoms with Crippen molar-refractivity contribution in [2.75, 3.05) is 13.4 Å². The Morgan fingerprint density at radius 3 is 2.62 bits per heavy atom. The Balaban J connectivity index is 1.80. The minimum Gasteiger partial charge on any atom is -0.428 e. The van der Waals surface area contributed by atoms with Crippen molar-refractivity contribution in [3.63, 3.8) is 0 Å². The number of rotatable bonds is 6. The maximum atomic E-state index is 12.5. The van der Waals surface area contributed by atoms with Crippen LogP contribution in [-0.2, 0) is 42.2 Å². The van der Waals surface area contributed by atoms with Gasteiger partial charge in [0.15, 0.2) is 0 Å². The highest BCUT2D eigenvalue weighted by atomic mass is 16.7. The van der Waals surface area contributed by atoms with Gasteiger partial charge in [0.25, 0.3) is 0 Å². The van der Waals surface area contributed by atoms with Gasteiger partial charge in [0, 0.05) is 10.9 Å². The van der Waals surface area contributed by atoms with E-state index in [1.807, 2.05) is 6.92 Å². The number of hydrogen-bond acceptors (Lipinski definition) is 5. The van der Waals surface area contributed by atoms with Crippen LogP contribution in [0.4, 0.5) is 0 Å². The molecule has 6 nitrogen and oxygen atoms in total. The molecule has 0 fully saturated rings. The number of fused-ring (bicyclic) bond motifs is 3. The number of aromatic amines is 1. The molecule has 1 aliphatic heterocycles. The van der Waals surface area contributed by atoms with Crippen LogP contribution in [0.15, 0.2) is 18.2 Å². The van der Waals surface area contributed by atoms with Gasteiger partial charge in [-0.1, -0.05) is 32.0 Å². The van der Waals surface area contributed by atoms with Crippen LogP contribution in [0.1, 0.15) is 64.3 Å². The quantitative estimate of drug-likeness (QED) is 0.574. The topological polar surface area (TPSA) is 77.6 Å². The predicted octanol–water partition coefficient (Wildman–Crippen LogP) is 4.39. The lowest BCUT2D eigenvalue weighted by Gasteiger charge is -2.36. The summed E-state index contributed by atoms with van der Waals surface area (Å²) in [6, 6.07) is 6.33. The van der Waals surface area contributed by atoms with E-state index < -0.39 is 23.0 Å². The lowest BCUT2D eigenvalue weighted by molar-refractivity contribution is -0.177. The van der Waals surface area contributed by atoms with Crippen LogP contribution in [0.2, 0.25) is 0 Å². The number of hydrogen-bond donors (Lipinski definition) is 1. The van der Waals surface area contributed by atoms with Crippen LogP contribution in [0.25, 0.3) is 10.9 Å². The molecule has 158 valence electrons. The smallest absolute Gasteiger partial charge is 0.314 e.